The molecular formula is C15H9ClO3. The van der Waals surface area contributed by atoms with Crippen molar-refractivity contribution >= 4 is 23.2 Å². The molecule has 0 radical (unpaired) electrons. The number of carbonyl (C=O) groups is 2. The molecule has 4 heteroatoms. The third-order valence-electron chi connectivity index (χ3n) is 3.28. The van der Waals surface area contributed by atoms with Gasteiger partial charge in [0.2, 0.25) is 0 Å². The van der Waals surface area contributed by atoms with Crippen LogP contribution in [-0.2, 0) is 6.61 Å². The summed E-state index contributed by atoms with van der Waals surface area (Å²) >= 11 is 6.12. The number of aliphatic hydroxyl groups is 1. The van der Waals surface area contributed by atoms with Gasteiger partial charge in [0, 0.05) is 16.7 Å². The molecule has 19 heavy (non-hydrogen) atoms. The Kier molecular flexibility index (Phi) is 2.73. The first-order valence-electron chi connectivity index (χ1n) is 5.76. The standard InChI is InChI=1S/C15H9ClO3/c16-13-8(7-17)5-6-11-12(13)15(19)10-4-2-1-3-9(10)14(11)18/h1-6,17H,7H2. The van der Waals surface area contributed by atoms with Crippen molar-refractivity contribution in [2.45, 2.75) is 6.61 Å². The third-order valence-corrected chi connectivity index (χ3v) is 3.71. The fourth-order valence-corrected chi connectivity index (χ4v) is 2.62. The van der Waals surface area contributed by atoms with Gasteiger partial charge in [0.15, 0.2) is 11.6 Å². The normalized spacial score (nSPS) is 13.2. The minimum Gasteiger partial charge on any atom is -0.392 e. The van der Waals surface area contributed by atoms with Gasteiger partial charge in [-0.05, 0) is 11.6 Å². The average Bonchev–Trinajstić information content (AvgIpc) is 2.44. The van der Waals surface area contributed by atoms with E-state index in [-0.39, 0.29) is 28.8 Å². The molecule has 1 N–H and O–H groups in total. The number of hydrogen-bond acceptors (Lipinski definition) is 3. The van der Waals surface area contributed by atoms with Crippen molar-refractivity contribution in [1.29, 1.82) is 0 Å². The van der Waals surface area contributed by atoms with Crippen molar-refractivity contribution in [3.05, 3.63) is 69.2 Å². The van der Waals surface area contributed by atoms with Gasteiger partial charge in [-0.2, -0.15) is 0 Å². The maximum Gasteiger partial charge on any atom is 0.196 e. The van der Waals surface area contributed by atoms with Crippen LogP contribution in [0.5, 0.6) is 0 Å². The first-order chi connectivity index (χ1) is 9.15. The zero-order chi connectivity index (χ0) is 13.6. The van der Waals surface area contributed by atoms with E-state index in [1.165, 1.54) is 0 Å². The molecule has 0 fully saturated rings. The Morgan fingerprint density at radius 3 is 2.16 bits per heavy atom. The lowest BCUT2D eigenvalue weighted by atomic mass is 9.83. The molecule has 94 valence electrons. The van der Waals surface area contributed by atoms with E-state index in [1.807, 2.05) is 0 Å². The van der Waals surface area contributed by atoms with Gasteiger partial charge in [-0.25, -0.2) is 0 Å². The fourth-order valence-electron chi connectivity index (χ4n) is 2.31. The van der Waals surface area contributed by atoms with E-state index < -0.39 is 0 Å². The van der Waals surface area contributed by atoms with Crippen molar-refractivity contribution in [3.63, 3.8) is 0 Å². The molecule has 0 saturated carbocycles. The van der Waals surface area contributed by atoms with Crippen molar-refractivity contribution in [2.24, 2.45) is 0 Å². The number of benzene rings is 2. The topological polar surface area (TPSA) is 54.4 Å². The van der Waals surface area contributed by atoms with Crippen molar-refractivity contribution in [3.8, 4) is 0 Å². The van der Waals surface area contributed by atoms with E-state index in [0.29, 0.717) is 22.3 Å². The summed E-state index contributed by atoms with van der Waals surface area (Å²) in [6.07, 6.45) is 0. The average molecular weight is 273 g/mol. The van der Waals surface area contributed by atoms with Crippen LogP contribution in [0.2, 0.25) is 5.02 Å². The molecule has 3 nitrogen and oxygen atoms in total. The van der Waals surface area contributed by atoms with Crippen LogP contribution in [0.3, 0.4) is 0 Å². The highest BCUT2D eigenvalue weighted by atomic mass is 35.5. The van der Waals surface area contributed by atoms with Crippen LogP contribution >= 0.6 is 11.6 Å². The van der Waals surface area contributed by atoms with Crippen LogP contribution in [-0.4, -0.2) is 16.7 Å². The number of fused-ring (bicyclic) bond motifs is 2. The zero-order valence-corrected chi connectivity index (χ0v) is 10.6. The first-order valence-corrected chi connectivity index (χ1v) is 6.13. The molecule has 0 spiro atoms. The molecule has 0 saturated heterocycles. The molecule has 0 amide bonds. The van der Waals surface area contributed by atoms with Gasteiger partial charge < -0.3 is 5.11 Å². The van der Waals surface area contributed by atoms with Gasteiger partial charge in [0.1, 0.15) is 0 Å². The predicted molar refractivity (Wildman–Crippen MR) is 70.7 cm³/mol. The van der Waals surface area contributed by atoms with Gasteiger partial charge in [-0.1, -0.05) is 41.9 Å². The van der Waals surface area contributed by atoms with Crippen LogP contribution in [0.25, 0.3) is 0 Å². The van der Waals surface area contributed by atoms with Gasteiger partial charge >= 0.3 is 0 Å². The van der Waals surface area contributed by atoms with E-state index in [0.717, 1.165) is 0 Å². The molecule has 0 aliphatic heterocycles. The summed E-state index contributed by atoms with van der Waals surface area (Å²) in [4.78, 5) is 24.8. The Labute approximate surface area is 114 Å². The van der Waals surface area contributed by atoms with Crippen molar-refractivity contribution < 1.29 is 14.7 Å². The van der Waals surface area contributed by atoms with Gasteiger partial charge in [-0.3, -0.25) is 9.59 Å². The van der Waals surface area contributed by atoms with E-state index >= 15 is 0 Å². The number of halogens is 1. The molecule has 0 bridgehead atoms. The lowest BCUT2D eigenvalue weighted by molar-refractivity contribution is 0.0979. The van der Waals surface area contributed by atoms with Crippen molar-refractivity contribution in [1.82, 2.24) is 0 Å². The highest BCUT2D eigenvalue weighted by Crippen LogP contribution is 2.33. The quantitative estimate of drug-likeness (QED) is 0.741. The SMILES string of the molecule is O=C1c2ccccc2C(=O)c2c1ccc(CO)c2Cl. The maximum absolute atomic E-state index is 12.4. The van der Waals surface area contributed by atoms with Gasteiger partial charge in [0.05, 0.1) is 17.2 Å². The summed E-state index contributed by atoms with van der Waals surface area (Å²) < 4.78 is 0. The zero-order valence-electron chi connectivity index (χ0n) is 9.81. The summed E-state index contributed by atoms with van der Waals surface area (Å²) in [6.45, 7) is -0.269. The van der Waals surface area contributed by atoms with Crippen LogP contribution in [0.4, 0.5) is 0 Å². The van der Waals surface area contributed by atoms with Crippen LogP contribution in [0.15, 0.2) is 36.4 Å². The second kappa shape index (κ2) is 4.30. The van der Waals surface area contributed by atoms with E-state index in [2.05, 4.69) is 0 Å². The highest BCUT2D eigenvalue weighted by Gasteiger charge is 2.31. The van der Waals surface area contributed by atoms with E-state index in [9.17, 15) is 14.7 Å². The van der Waals surface area contributed by atoms with E-state index in [1.54, 1.807) is 36.4 Å². The Morgan fingerprint density at radius 2 is 1.53 bits per heavy atom. The molecule has 0 atom stereocenters. The number of rotatable bonds is 1. The third kappa shape index (κ3) is 1.63. The molecule has 2 aromatic carbocycles. The molecule has 0 heterocycles. The van der Waals surface area contributed by atoms with Crippen LogP contribution in [0, 0.1) is 0 Å². The van der Waals surface area contributed by atoms with E-state index in [4.69, 9.17) is 11.6 Å². The molecule has 0 aromatic heterocycles. The largest absolute Gasteiger partial charge is 0.392 e. The molecule has 3 rings (SSSR count). The van der Waals surface area contributed by atoms with Gasteiger partial charge in [0.25, 0.3) is 0 Å². The fraction of sp³-hybridized carbons (Fsp3) is 0.0667. The summed E-state index contributed by atoms with van der Waals surface area (Å²) in [5.74, 6) is -0.484. The second-order valence-electron chi connectivity index (χ2n) is 4.32. The maximum atomic E-state index is 12.4. The minimum atomic E-state index is -0.273. The predicted octanol–water partition coefficient (Wildman–Crippen LogP) is 2.61. The number of aliphatic hydroxyl groups excluding tert-OH is 1. The summed E-state index contributed by atoms with van der Waals surface area (Å²) in [6, 6.07) is 9.79. The lowest BCUT2D eigenvalue weighted by Crippen LogP contribution is -2.21. The first kappa shape index (κ1) is 12.1. The second-order valence-corrected chi connectivity index (χ2v) is 4.70. The van der Waals surface area contributed by atoms with Crippen LogP contribution < -0.4 is 0 Å². The highest BCUT2D eigenvalue weighted by molar-refractivity contribution is 6.39. The smallest absolute Gasteiger partial charge is 0.196 e. The Hall–Kier alpha value is -1.97. The Bertz CT molecular complexity index is 719. The Morgan fingerprint density at radius 1 is 0.895 bits per heavy atom. The number of carbonyl (C=O) groups excluding carboxylic acids is 2. The van der Waals surface area contributed by atoms with Gasteiger partial charge in [-0.15, -0.1) is 0 Å². The number of hydrogen-bond donors (Lipinski definition) is 1. The Balaban J connectivity index is 2.33. The summed E-state index contributed by atoms with van der Waals surface area (Å²) in [7, 11) is 0. The molecule has 1 aliphatic carbocycles. The van der Waals surface area contributed by atoms with Crippen LogP contribution in [0.1, 0.15) is 37.4 Å². The van der Waals surface area contributed by atoms with Crippen molar-refractivity contribution in [2.75, 3.05) is 0 Å². The lowest BCUT2D eigenvalue weighted by Gasteiger charge is -2.19. The molecular weight excluding hydrogens is 264 g/mol. The molecule has 0 unspecified atom stereocenters. The summed E-state index contributed by atoms with van der Waals surface area (Å²) in [5.41, 5.74) is 1.69. The summed E-state index contributed by atoms with van der Waals surface area (Å²) in [5, 5.41) is 9.35. The monoisotopic (exact) mass is 272 g/mol. The number of ketones is 2. The minimum absolute atomic E-state index is 0.160. The molecule has 2 aromatic rings. The molecule has 1 aliphatic rings.